The lowest BCUT2D eigenvalue weighted by atomic mass is 9.88. The van der Waals surface area contributed by atoms with E-state index in [-0.39, 0.29) is 30.6 Å². The van der Waals surface area contributed by atoms with Gasteiger partial charge >= 0.3 is 0 Å². The summed E-state index contributed by atoms with van der Waals surface area (Å²) in [6.45, 7) is 4.91. The first-order valence-electron chi connectivity index (χ1n) is 10.9. The molecule has 1 aliphatic rings. The second kappa shape index (κ2) is 8.78. The molecule has 1 amide bonds. The van der Waals surface area contributed by atoms with Crippen molar-refractivity contribution in [3.63, 3.8) is 0 Å². The van der Waals surface area contributed by atoms with Gasteiger partial charge in [0.2, 0.25) is 0 Å². The van der Waals surface area contributed by atoms with Gasteiger partial charge in [-0.05, 0) is 43.3 Å². The molecule has 1 fully saturated rings. The molecule has 1 aliphatic heterocycles. The summed E-state index contributed by atoms with van der Waals surface area (Å²) in [7, 11) is 1.36. The van der Waals surface area contributed by atoms with Crippen molar-refractivity contribution in [3.8, 4) is 11.3 Å². The van der Waals surface area contributed by atoms with Gasteiger partial charge < -0.3 is 14.6 Å². The molecular weight excluding hydrogens is 436 g/mol. The number of benzene rings is 1. The van der Waals surface area contributed by atoms with Crippen LogP contribution in [0.25, 0.3) is 16.9 Å². The average Bonchev–Trinajstić information content (AvgIpc) is 3.10. The number of carbonyl (C=O) groups is 1. The predicted octanol–water partition coefficient (Wildman–Crippen LogP) is 4.47. The molecule has 0 spiro atoms. The molecule has 176 valence electrons. The number of aryl methyl sites for hydroxylation is 1. The van der Waals surface area contributed by atoms with Crippen LogP contribution < -0.4 is 5.32 Å². The van der Waals surface area contributed by atoms with Crippen molar-refractivity contribution in [2.45, 2.75) is 32.6 Å². The molecule has 5 nitrogen and oxygen atoms in total. The molecule has 4 rings (SSSR count). The predicted molar refractivity (Wildman–Crippen MR) is 118 cm³/mol. The molecule has 0 bridgehead atoms. The van der Waals surface area contributed by atoms with Crippen molar-refractivity contribution in [1.29, 1.82) is 0 Å². The highest BCUT2D eigenvalue weighted by Gasteiger charge is 2.44. The summed E-state index contributed by atoms with van der Waals surface area (Å²) in [5.41, 5.74) is 0.990. The van der Waals surface area contributed by atoms with E-state index in [0.29, 0.717) is 24.4 Å². The molecule has 2 aromatic heterocycles. The third-order valence-electron chi connectivity index (χ3n) is 6.37. The number of rotatable bonds is 5. The van der Waals surface area contributed by atoms with Gasteiger partial charge in [-0.3, -0.25) is 4.79 Å². The van der Waals surface area contributed by atoms with Gasteiger partial charge in [0.15, 0.2) is 0 Å². The number of carbonyl (C=O) groups excluding carboxylic acids is 1. The van der Waals surface area contributed by atoms with Crippen LogP contribution in [0, 0.1) is 24.5 Å². The van der Waals surface area contributed by atoms with Crippen molar-refractivity contribution in [1.82, 2.24) is 19.6 Å². The summed E-state index contributed by atoms with van der Waals surface area (Å²) in [5.74, 6) is -6.51. The maximum Gasteiger partial charge on any atom is 0.253 e. The molecular formula is C24H26F4N4O. The molecule has 1 aromatic carbocycles. The Hall–Kier alpha value is -2.94. The Kier molecular flexibility index (Phi) is 6.18. The number of nitrogens with zero attached hydrogens (tertiary/aromatic N) is 3. The van der Waals surface area contributed by atoms with Gasteiger partial charge in [-0.2, -0.15) is 0 Å². The molecule has 3 heterocycles. The van der Waals surface area contributed by atoms with Gasteiger partial charge in [-0.1, -0.05) is 6.92 Å². The Bertz CT molecular complexity index is 1180. The normalized spacial score (nSPS) is 18.6. The standard InChI is InChI=1S/C24H26F4N4O/c1-4-31-8-6-24(27,28)16(13-31)12-19-22(30-20-9-14(2)5-7-32(19)20)21-17(25)10-15(11-18(21)26)23(33)29-3/h5,7,9-11,16H,4,6,8,12-13H2,1-3H3,(H,29,33). The van der Waals surface area contributed by atoms with E-state index in [9.17, 15) is 13.6 Å². The first kappa shape index (κ1) is 23.2. The van der Waals surface area contributed by atoms with E-state index in [2.05, 4.69) is 10.3 Å². The van der Waals surface area contributed by atoms with Gasteiger partial charge in [-0.15, -0.1) is 0 Å². The molecule has 1 unspecified atom stereocenters. The number of pyridine rings is 1. The van der Waals surface area contributed by atoms with E-state index >= 15 is 8.78 Å². The Morgan fingerprint density at radius 1 is 1.24 bits per heavy atom. The zero-order chi connectivity index (χ0) is 23.9. The second-order valence-electron chi connectivity index (χ2n) is 8.54. The van der Waals surface area contributed by atoms with Crippen LogP contribution in [-0.2, 0) is 6.42 Å². The van der Waals surface area contributed by atoms with Gasteiger partial charge in [0, 0.05) is 50.7 Å². The van der Waals surface area contributed by atoms with Crippen molar-refractivity contribution in [2.24, 2.45) is 5.92 Å². The van der Waals surface area contributed by atoms with E-state index in [1.165, 1.54) is 7.05 Å². The summed E-state index contributed by atoms with van der Waals surface area (Å²) in [6.07, 6.45) is 1.32. The number of aromatic nitrogens is 2. The van der Waals surface area contributed by atoms with Crippen LogP contribution in [0.1, 0.15) is 35.0 Å². The van der Waals surface area contributed by atoms with Crippen LogP contribution in [-0.4, -0.2) is 52.8 Å². The number of piperidine rings is 1. The summed E-state index contributed by atoms with van der Waals surface area (Å²) in [6, 6.07) is 5.40. The Morgan fingerprint density at radius 3 is 2.58 bits per heavy atom. The SMILES string of the molecule is CCN1CCC(F)(F)C(Cc2c(-c3c(F)cc(C(=O)NC)cc3F)nc3cc(C)ccn23)C1. The summed E-state index contributed by atoms with van der Waals surface area (Å²) in [5, 5.41) is 2.33. The fraction of sp³-hybridized carbons (Fsp3) is 0.417. The minimum absolute atomic E-state index is 0.0246. The monoisotopic (exact) mass is 462 g/mol. The third kappa shape index (κ3) is 4.34. The Morgan fingerprint density at radius 2 is 1.94 bits per heavy atom. The fourth-order valence-corrected chi connectivity index (χ4v) is 4.45. The van der Waals surface area contributed by atoms with Crippen molar-refractivity contribution >= 4 is 11.6 Å². The zero-order valence-corrected chi connectivity index (χ0v) is 18.8. The number of alkyl halides is 2. The average molecular weight is 462 g/mol. The molecule has 1 atom stereocenters. The topological polar surface area (TPSA) is 49.6 Å². The maximum atomic E-state index is 15.1. The lowest BCUT2D eigenvalue weighted by Gasteiger charge is -2.38. The van der Waals surface area contributed by atoms with Crippen molar-refractivity contribution in [3.05, 3.63) is 58.9 Å². The largest absolute Gasteiger partial charge is 0.355 e. The summed E-state index contributed by atoms with van der Waals surface area (Å²) >= 11 is 0. The van der Waals surface area contributed by atoms with Crippen LogP contribution in [0.5, 0.6) is 0 Å². The first-order valence-corrected chi connectivity index (χ1v) is 10.9. The van der Waals surface area contributed by atoms with Gasteiger partial charge in [0.25, 0.3) is 11.8 Å². The quantitative estimate of drug-likeness (QED) is 0.570. The number of fused-ring (bicyclic) bond motifs is 1. The van der Waals surface area contributed by atoms with E-state index in [1.54, 1.807) is 22.7 Å². The lowest BCUT2D eigenvalue weighted by Crippen LogP contribution is -2.47. The van der Waals surface area contributed by atoms with Gasteiger partial charge in [0.1, 0.15) is 17.3 Å². The molecule has 0 saturated carbocycles. The number of amides is 1. The van der Waals surface area contributed by atoms with Crippen molar-refractivity contribution in [2.75, 3.05) is 26.7 Å². The van der Waals surface area contributed by atoms with E-state index < -0.39 is 34.9 Å². The number of nitrogens with one attached hydrogen (secondary N) is 1. The molecule has 3 aromatic rings. The minimum atomic E-state index is -2.90. The number of halogens is 4. The summed E-state index contributed by atoms with van der Waals surface area (Å²) < 4.78 is 61.5. The molecule has 1 N–H and O–H groups in total. The Balaban J connectivity index is 1.87. The first-order chi connectivity index (χ1) is 15.6. The number of imidazole rings is 1. The fourth-order valence-electron chi connectivity index (χ4n) is 4.45. The summed E-state index contributed by atoms with van der Waals surface area (Å²) in [4.78, 5) is 18.2. The molecule has 9 heteroatoms. The molecule has 1 saturated heterocycles. The Labute approximate surface area is 189 Å². The molecule has 0 radical (unpaired) electrons. The smallest absolute Gasteiger partial charge is 0.253 e. The second-order valence-corrected chi connectivity index (χ2v) is 8.54. The highest BCUT2D eigenvalue weighted by Crippen LogP contribution is 2.38. The third-order valence-corrected chi connectivity index (χ3v) is 6.37. The van der Waals surface area contributed by atoms with Crippen LogP contribution in [0.15, 0.2) is 30.5 Å². The van der Waals surface area contributed by atoms with Crippen LogP contribution in [0.4, 0.5) is 17.6 Å². The van der Waals surface area contributed by atoms with Gasteiger partial charge in [-0.25, -0.2) is 22.5 Å². The van der Waals surface area contributed by atoms with E-state index in [1.807, 2.05) is 18.7 Å². The molecule has 0 aliphatic carbocycles. The number of hydrogen-bond donors (Lipinski definition) is 1. The minimum Gasteiger partial charge on any atom is -0.355 e. The maximum absolute atomic E-state index is 15.1. The highest BCUT2D eigenvalue weighted by molar-refractivity contribution is 5.94. The lowest BCUT2D eigenvalue weighted by molar-refractivity contribution is -0.105. The van der Waals surface area contributed by atoms with E-state index in [4.69, 9.17) is 0 Å². The van der Waals surface area contributed by atoms with Crippen LogP contribution >= 0.6 is 0 Å². The number of hydrogen-bond acceptors (Lipinski definition) is 3. The molecule has 33 heavy (non-hydrogen) atoms. The van der Waals surface area contributed by atoms with Gasteiger partial charge in [0.05, 0.1) is 17.0 Å². The number of likely N-dealkylation sites (tertiary alicyclic amines) is 1. The van der Waals surface area contributed by atoms with Crippen LogP contribution in [0.3, 0.4) is 0 Å². The van der Waals surface area contributed by atoms with Crippen LogP contribution in [0.2, 0.25) is 0 Å². The van der Waals surface area contributed by atoms with E-state index in [0.717, 1.165) is 17.7 Å². The van der Waals surface area contributed by atoms with Crippen molar-refractivity contribution < 1.29 is 22.4 Å². The highest BCUT2D eigenvalue weighted by atomic mass is 19.3. The zero-order valence-electron chi connectivity index (χ0n) is 18.8.